The molecule has 2 fully saturated rings. The highest BCUT2D eigenvalue weighted by molar-refractivity contribution is 6.37. The molecule has 0 saturated carbocycles. The van der Waals surface area contributed by atoms with Crippen LogP contribution in [0.3, 0.4) is 0 Å². The van der Waals surface area contributed by atoms with Gasteiger partial charge in [-0.25, -0.2) is 9.97 Å². The molecule has 0 unspecified atom stereocenters. The Morgan fingerprint density at radius 2 is 2.06 bits per heavy atom. The summed E-state index contributed by atoms with van der Waals surface area (Å²) in [6.07, 6.45) is 3.61. The third-order valence-corrected chi connectivity index (χ3v) is 7.81. The number of hydrogen-bond acceptors (Lipinski definition) is 8. The second kappa shape index (κ2) is 8.62. The molecule has 2 atom stereocenters. The lowest BCUT2D eigenvalue weighted by molar-refractivity contribution is 0.0973. The number of rotatable bonds is 4. The summed E-state index contributed by atoms with van der Waals surface area (Å²) in [5.74, 6) is 1.26. The molecule has 0 aliphatic carbocycles. The Morgan fingerprint density at radius 3 is 2.71 bits per heavy atom. The second-order valence-corrected chi connectivity index (χ2v) is 10.4. The standard InChI is InChI=1S/C24H32ClN7O2/c1-13(2)29-21-18(25)15(5-8-27-21)19-17-16(11-28-19)30-23(31(4)22(17)33)32-9-6-24(7-10-32)12-34-14(3)20(24)26/h5,8,13-14,20H,6-7,9-12,26H2,1-4H3,(H,27,29)/t14-,20+/m0/s1. The van der Waals surface area contributed by atoms with Crippen LogP contribution in [-0.4, -0.2) is 58.1 Å². The number of fused-ring (bicyclic) bond motifs is 1. The van der Waals surface area contributed by atoms with Gasteiger partial charge in [-0.1, -0.05) is 11.6 Å². The number of halogens is 1. The van der Waals surface area contributed by atoms with Gasteiger partial charge in [0.25, 0.3) is 5.56 Å². The Kier molecular flexibility index (Phi) is 5.90. The monoisotopic (exact) mass is 485 g/mol. The Bertz CT molecular complexity index is 1200. The molecule has 0 bridgehead atoms. The van der Waals surface area contributed by atoms with E-state index >= 15 is 0 Å². The van der Waals surface area contributed by atoms with E-state index in [1.54, 1.807) is 23.9 Å². The minimum absolute atomic E-state index is 0.0155. The quantitative estimate of drug-likeness (QED) is 0.683. The summed E-state index contributed by atoms with van der Waals surface area (Å²) in [6.45, 7) is 8.72. The Hall–Kier alpha value is -2.49. The zero-order valence-corrected chi connectivity index (χ0v) is 20.9. The number of aliphatic imine (C=N–C) groups is 1. The fourth-order valence-corrected chi connectivity index (χ4v) is 5.60. The lowest BCUT2D eigenvalue weighted by Crippen LogP contribution is -2.51. The first-order valence-electron chi connectivity index (χ1n) is 11.9. The average Bonchev–Trinajstić information content (AvgIpc) is 3.35. The van der Waals surface area contributed by atoms with Gasteiger partial charge < -0.3 is 20.7 Å². The maximum atomic E-state index is 13.5. The summed E-state index contributed by atoms with van der Waals surface area (Å²) in [6, 6.07) is 2.02. The lowest BCUT2D eigenvalue weighted by Gasteiger charge is -2.41. The molecule has 3 aliphatic rings. The van der Waals surface area contributed by atoms with Gasteiger partial charge in [-0.2, -0.15) is 0 Å². The molecule has 0 amide bonds. The van der Waals surface area contributed by atoms with Crippen LogP contribution in [0.1, 0.15) is 50.4 Å². The van der Waals surface area contributed by atoms with Crippen molar-refractivity contribution in [1.29, 1.82) is 0 Å². The van der Waals surface area contributed by atoms with Crippen LogP contribution >= 0.6 is 11.6 Å². The summed E-state index contributed by atoms with van der Waals surface area (Å²) < 4.78 is 7.48. The van der Waals surface area contributed by atoms with Crippen LogP contribution in [0, 0.1) is 5.41 Å². The van der Waals surface area contributed by atoms with E-state index < -0.39 is 0 Å². The average molecular weight is 486 g/mol. The zero-order chi connectivity index (χ0) is 24.2. The molecule has 9 nitrogen and oxygen atoms in total. The first kappa shape index (κ1) is 23.3. The molecule has 2 saturated heterocycles. The maximum Gasteiger partial charge on any atom is 0.264 e. The van der Waals surface area contributed by atoms with Crippen molar-refractivity contribution in [2.45, 2.75) is 58.3 Å². The van der Waals surface area contributed by atoms with Crippen molar-refractivity contribution in [2.24, 2.45) is 23.2 Å². The highest BCUT2D eigenvalue weighted by atomic mass is 35.5. The maximum absolute atomic E-state index is 13.5. The molecule has 182 valence electrons. The number of nitrogens with two attached hydrogens (primary N) is 1. The number of aromatic nitrogens is 3. The highest BCUT2D eigenvalue weighted by Gasteiger charge is 2.48. The van der Waals surface area contributed by atoms with Crippen molar-refractivity contribution >= 4 is 29.1 Å². The SMILES string of the molecule is CC(C)Nc1nccc(C2=NCc3nc(N4CCC5(CC4)CO[C@@H](C)[C@H]5N)n(C)c(=O)c32)c1Cl. The molecule has 3 aliphatic heterocycles. The number of nitrogens with zero attached hydrogens (tertiary/aromatic N) is 5. The van der Waals surface area contributed by atoms with Gasteiger partial charge >= 0.3 is 0 Å². The topological polar surface area (TPSA) is 111 Å². The van der Waals surface area contributed by atoms with E-state index in [4.69, 9.17) is 27.1 Å². The molecule has 2 aromatic heterocycles. The van der Waals surface area contributed by atoms with Crippen molar-refractivity contribution in [1.82, 2.24) is 14.5 Å². The third-order valence-electron chi connectivity index (χ3n) is 7.42. The van der Waals surface area contributed by atoms with Gasteiger partial charge in [0.05, 0.1) is 41.2 Å². The lowest BCUT2D eigenvalue weighted by atomic mass is 9.73. The molecule has 34 heavy (non-hydrogen) atoms. The van der Waals surface area contributed by atoms with Crippen molar-refractivity contribution in [3.8, 4) is 0 Å². The van der Waals surface area contributed by atoms with E-state index in [1.165, 1.54) is 0 Å². The Balaban J connectivity index is 1.43. The summed E-state index contributed by atoms with van der Waals surface area (Å²) in [4.78, 5) is 29.6. The summed E-state index contributed by atoms with van der Waals surface area (Å²) in [5, 5.41) is 3.70. The van der Waals surface area contributed by atoms with Crippen molar-refractivity contribution < 1.29 is 4.74 Å². The van der Waals surface area contributed by atoms with Crippen molar-refractivity contribution in [3.63, 3.8) is 0 Å². The molecule has 3 N–H and O–H groups in total. The first-order chi connectivity index (χ1) is 16.2. The number of pyridine rings is 1. The van der Waals surface area contributed by atoms with Crippen LogP contribution in [-0.2, 0) is 18.3 Å². The summed E-state index contributed by atoms with van der Waals surface area (Å²) in [5.41, 5.74) is 8.85. The molecule has 2 aromatic rings. The van der Waals surface area contributed by atoms with Gasteiger partial charge in [-0.15, -0.1) is 0 Å². The van der Waals surface area contributed by atoms with Crippen molar-refractivity contribution in [3.05, 3.63) is 44.5 Å². The smallest absolute Gasteiger partial charge is 0.264 e. The second-order valence-electron chi connectivity index (χ2n) is 9.97. The number of ether oxygens (including phenoxy) is 1. The van der Waals surface area contributed by atoms with Crippen molar-refractivity contribution in [2.75, 3.05) is 29.9 Å². The fourth-order valence-electron chi connectivity index (χ4n) is 5.35. The van der Waals surface area contributed by atoms with E-state index in [0.29, 0.717) is 52.5 Å². The van der Waals surface area contributed by atoms with Gasteiger partial charge in [0.15, 0.2) is 0 Å². The molecule has 1 spiro atoms. The largest absolute Gasteiger partial charge is 0.376 e. The van der Waals surface area contributed by atoms with Gasteiger partial charge in [0.1, 0.15) is 5.82 Å². The van der Waals surface area contributed by atoms with Crippen LogP contribution in [0.4, 0.5) is 11.8 Å². The summed E-state index contributed by atoms with van der Waals surface area (Å²) in [7, 11) is 1.78. The van der Waals surface area contributed by atoms with E-state index in [9.17, 15) is 4.79 Å². The minimum atomic E-state index is -0.114. The highest BCUT2D eigenvalue weighted by Crippen LogP contribution is 2.41. The van der Waals surface area contributed by atoms with E-state index in [-0.39, 0.29) is 29.2 Å². The molecule has 0 aromatic carbocycles. The third kappa shape index (κ3) is 3.70. The predicted molar refractivity (Wildman–Crippen MR) is 134 cm³/mol. The molecule has 5 heterocycles. The molecular formula is C24H32ClN7O2. The summed E-state index contributed by atoms with van der Waals surface area (Å²) >= 11 is 6.66. The van der Waals surface area contributed by atoms with Gasteiger partial charge in [0, 0.05) is 49.4 Å². The molecule has 10 heteroatoms. The van der Waals surface area contributed by atoms with Crippen LogP contribution in [0.5, 0.6) is 0 Å². The van der Waals surface area contributed by atoms with Crippen LogP contribution < -0.4 is 21.5 Å². The number of anilines is 2. The van der Waals surface area contributed by atoms with Crippen LogP contribution in [0.25, 0.3) is 0 Å². The Morgan fingerprint density at radius 1 is 1.32 bits per heavy atom. The van der Waals surface area contributed by atoms with E-state index in [2.05, 4.69) is 20.2 Å². The van der Waals surface area contributed by atoms with E-state index in [0.717, 1.165) is 25.9 Å². The molecular weight excluding hydrogens is 454 g/mol. The predicted octanol–water partition coefficient (Wildman–Crippen LogP) is 2.33. The number of hydrogen-bond donors (Lipinski definition) is 2. The first-order valence-corrected chi connectivity index (χ1v) is 12.3. The number of nitrogens with one attached hydrogen (secondary N) is 1. The fraction of sp³-hybridized carbons (Fsp3) is 0.583. The van der Waals surface area contributed by atoms with Gasteiger partial charge in [-0.3, -0.25) is 14.4 Å². The van der Waals surface area contributed by atoms with Crippen LogP contribution in [0.2, 0.25) is 5.02 Å². The van der Waals surface area contributed by atoms with Gasteiger partial charge in [0.2, 0.25) is 5.95 Å². The van der Waals surface area contributed by atoms with Crippen LogP contribution in [0.15, 0.2) is 22.1 Å². The minimum Gasteiger partial charge on any atom is -0.376 e. The molecule has 0 radical (unpaired) electrons. The molecule has 5 rings (SSSR count). The van der Waals surface area contributed by atoms with E-state index in [1.807, 2.05) is 20.8 Å². The normalized spacial score (nSPS) is 23.5. The zero-order valence-electron chi connectivity index (χ0n) is 20.1. The van der Waals surface area contributed by atoms with Gasteiger partial charge in [-0.05, 0) is 39.7 Å². The Labute approximate surface area is 204 Å². The number of piperidine rings is 1.